The monoisotopic (exact) mass is 318 g/mol. The lowest BCUT2D eigenvalue weighted by molar-refractivity contribution is -0.384. The highest BCUT2D eigenvalue weighted by Gasteiger charge is 2.09. The third-order valence-corrected chi connectivity index (χ3v) is 3.74. The summed E-state index contributed by atoms with van der Waals surface area (Å²) in [6, 6.07) is 11.2. The van der Waals surface area contributed by atoms with Crippen molar-refractivity contribution in [2.75, 3.05) is 11.9 Å². The van der Waals surface area contributed by atoms with Gasteiger partial charge in [-0.1, -0.05) is 17.7 Å². The number of anilines is 1. The molecule has 0 aliphatic rings. The van der Waals surface area contributed by atoms with E-state index >= 15 is 0 Å². The molecule has 0 bridgehead atoms. The first kappa shape index (κ1) is 16.0. The summed E-state index contributed by atoms with van der Waals surface area (Å²) in [5.41, 5.74) is 2.27. The predicted molar refractivity (Wildman–Crippen MR) is 86.7 cm³/mol. The molecule has 0 fully saturated rings. The minimum Gasteiger partial charge on any atom is -0.384 e. The summed E-state index contributed by atoms with van der Waals surface area (Å²) in [7, 11) is 0. The van der Waals surface area contributed by atoms with Crippen molar-refractivity contribution in [1.82, 2.24) is 0 Å². The van der Waals surface area contributed by atoms with Crippen LogP contribution in [-0.2, 0) is 0 Å². The second-order valence-corrected chi connectivity index (χ2v) is 5.22. The number of halogens is 1. The first-order valence-electron chi connectivity index (χ1n) is 6.75. The predicted octanol–water partition coefficient (Wildman–Crippen LogP) is 4.24. The van der Waals surface area contributed by atoms with Crippen LogP contribution in [0.4, 0.5) is 11.4 Å². The number of hydrogen-bond donors (Lipinski definition) is 1. The van der Waals surface area contributed by atoms with E-state index in [4.69, 9.17) is 11.6 Å². The topological polar surface area (TPSA) is 72.2 Å². The zero-order valence-corrected chi connectivity index (χ0v) is 12.8. The molecule has 0 aromatic heterocycles. The van der Waals surface area contributed by atoms with Gasteiger partial charge in [0.05, 0.1) is 4.92 Å². The molecular formula is C16H15ClN2O3. The number of nitrogens with zero attached hydrogens (tertiary/aromatic N) is 1. The second kappa shape index (κ2) is 7.04. The van der Waals surface area contributed by atoms with E-state index in [0.717, 1.165) is 11.3 Å². The minimum atomic E-state index is -0.488. The Bertz CT molecular complexity index is 699. The standard InChI is InChI=1S/C16H15ClN2O3/c1-11-14(17)3-2-4-15(11)18-10-9-16(20)12-5-7-13(8-6-12)19(21)22/h2-8,18H,9-10H2,1H3. The number of hydrogen-bond acceptors (Lipinski definition) is 4. The number of nitrogens with one attached hydrogen (secondary N) is 1. The van der Waals surface area contributed by atoms with E-state index in [0.29, 0.717) is 23.6 Å². The number of nitro benzene ring substituents is 1. The molecule has 0 saturated heterocycles. The van der Waals surface area contributed by atoms with Gasteiger partial charge in [0.25, 0.3) is 5.69 Å². The molecule has 0 amide bonds. The third kappa shape index (κ3) is 3.83. The third-order valence-electron chi connectivity index (χ3n) is 3.34. The summed E-state index contributed by atoms with van der Waals surface area (Å²) in [6.07, 6.45) is 0.295. The van der Waals surface area contributed by atoms with Crippen molar-refractivity contribution in [3.05, 3.63) is 68.7 Å². The van der Waals surface area contributed by atoms with Crippen LogP contribution in [0.2, 0.25) is 5.02 Å². The highest BCUT2D eigenvalue weighted by atomic mass is 35.5. The summed E-state index contributed by atoms with van der Waals surface area (Å²) >= 11 is 6.03. The summed E-state index contributed by atoms with van der Waals surface area (Å²) in [6.45, 7) is 2.37. The van der Waals surface area contributed by atoms with Crippen molar-refractivity contribution < 1.29 is 9.72 Å². The number of carbonyl (C=O) groups is 1. The van der Waals surface area contributed by atoms with Crippen LogP contribution in [0.15, 0.2) is 42.5 Å². The first-order chi connectivity index (χ1) is 10.5. The van der Waals surface area contributed by atoms with Crippen LogP contribution in [0.5, 0.6) is 0 Å². The van der Waals surface area contributed by atoms with Crippen molar-refractivity contribution in [3.63, 3.8) is 0 Å². The Morgan fingerprint density at radius 1 is 1.23 bits per heavy atom. The average Bonchev–Trinajstić information content (AvgIpc) is 2.51. The lowest BCUT2D eigenvalue weighted by atomic mass is 10.1. The van der Waals surface area contributed by atoms with Gasteiger partial charge in [-0.25, -0.2) is 0 Å². The smallest absolute Gasteiger partial charge is 0.269 e. The number of ketones is 1. The Morgan fingerprint density at radius 2 is 1.91 bits per heavy atom. The highest BCUT2D eigenvalue weighted by Crippen LogP contribution is 2.23. The minimum absolute atomic E-state index is 0.0239. The van der Waals surface area contributed by atoms with Gasteiger partial charge < -0.3 is 5.32 Å². The molecule has 1 N–H and O–H groups in total. The zero-order chi connectivity index (χ0) is 16.1. The molecule has 0 saturated carbocycles. The van der Waals surface area contributed by atoms with Crippen molar-refractivity contribution >= 4 is 28.8 Å². The van der Waals surface area contributed by atoms with Gasteiger partial charge in [0.1, 0.15) is 0 Å². The van der Waals surface area contributed by atoms with Gasteiger partial charge in [0.2, 0.25) is 0 Å². The molecule has 0 spiro atoms. The van der Waals surface area contributed by atoms with Crippen LogP contribution in [0.25, 0.3) is 0 Å². The Hall–Kier alpha value is -2.40. The Morgan fingerprint density at radius 3 is 2.55 bits per heavy atom. The van der Waals surface area contributed by atoms with E-state index in [2.05, 4.69) is 5.32 Å². The highest BCUT2D eigenvalue weighted by molar-refractivity contribution is 6.31. The molecule has 114 valence electrons. The molecule has 2 rings (SSSR count). The van der Waals surface area contributed by atoms with Gasteiger partial charge >= 0.3 is 0 Å². The number of nitro groups is 1. The number of Topliss-reactive ketones (excluding diaryl/α,β-unsaturated/α-hetero) is 1. The first-order valence-corrected chi connectivity index (χ1v) is 7.13. The molecule has 0 heterocycles. The van der Waals surface area contributed by atoms with Crippen LogP contribution in [0.3, 0.4) is 0 Å². The molecule has 22 heavy (non-hydrogen) atoms. The molecule has 0 radical (unpaired) electrons. The summed E-state index contributed by atoms with van der Waals surface area (Å²) in [5.74, 6) is -0.0675. The van der Waals surface area contributed by atoms with E-state index in [1.165, 1.54) is 24.3 Å². The SMILES string of the molecule is Cc1c(Cl)cccc1NCCC(=O)c1ccc([N+](=O)[O-])cc1. The van der Waals surface area contributed by atoms with Gasteiger partial charge in [-0.3, -0.25) is 14.9 Å². The van der Waals surface area contributed by atoms with Gasteiger partial charge in [-0.2, -0.15) is 0 Å². The normalized spacial score (nSPS) is 10.3. The molecule has 0 atom stereocenters. The summed E-state index contributed by atoms with van der Waals surface area (Å²) < 4.78 is 0. The fourth-order valence-corrected chi connectivity index (χ4v) is 2.20. The second-order valence-electron chi connectivity index (χ2n) is 4.82. The van der Waals surface area contributed by atoms with Crippen LogP contribution >= 0.6 is 11.6 Å². The largest absolute Gasteiger partial charge is 0.384 e. The summed E-state index contributed by atoms with van der Waals surface area (Å²) in [4.78, 5) is 22.1. The van der Waals surface area contributed by atoms with Crippen molar-refractivity contribution in [3.8, 4) is 0 Å². The van der Waals surface area contributed by atoms with Crippen LogP contribution in [0, 0.1) is 17.0 Å². The molecule has 2 aromatic carbocycles. The molecular weight excluding hydrogens is 304 g/mol. The molecule has 0 unspecified atom stereocenters. The summed E-state index contributed by atoms with van der Waals surface area (Å²) in [5, 5.41) is 14.4. The maximum atomic E-state index is 12.0. The number of benzene rings is 2. The Kier molecular flexibility index (Phi) is 5.12. The van der Waals surface area contributed by atoms with Gasteiger partial charge in [0.15, 0.2) is 5.78 Å². The lowest BCUT2D eigenvalue weighted by Crippen LogP contribution is -2.09. The van der Waals surface area contributed by atoms with Crippen LogP contribution in [0.1, 0.15) is 22.3 Å². The molecule has 2 aromatic rings. The fourth-order valence-electron chi connectivity index (χ4n) is 2.02. The molecule has 5 nitrogen and oxygen atoms in total. The van der Waals surface area contributed by atoms with Gasteiger partial charge in [0, 0.05) is 41.4 Å². The molecule has 0 aliphatic heterocycles. The zero-order valence-electron chi connectivity index (χ0n) is 12.0. The van der Waals surface area contributed by atoms with E-state index < -0.39 is 4.92 Å². The Balaban J connectivity index is 1.92. The van der Waals surface area contributed by atoms with E-state index in [1.807, 2.05) is 25.1 Å². The molecule has 0 aliphatic carbocycles. The van der Waals surface area contributed by atoms with Crippen molar-refractivity contribution in [2.24, 2.45) is 0 Å². The quantitative estimate of drug-likeness (QED) is 0.491. The number of carbonyl (C=O) groups excluding carboxylic acids is 1. The number of rotatable bonds is 6. The maximum absolute atomic E-state index is 12.0. The van der Waals surface area contributed by atoms with Crippen molar-refractivity contribution in [1.29, 1.82) is 0 Å². The van der Waals surface area contributed by atoms with Crippen LogP contribution < -0.4 is 5.32 Å². The molecule has 6 heteroatoms. The van der Waals surface area contributed by atoms with Crippen molar-refractivity contribution in [2.45, 2.75) is 13.3 Å². The fraction of sp³-hybridized carbons (Fsp3) is 0.188. The lowest BCUT2D eigenvalue weighted by Gasteiger charge is -2.10. The van der Waals surface area contributed by atoms with Gasteiger partial charge in [-0.05, 0) is 36.8 Å². The van der Waals surface area contributed by atoms with Gasteiger partial charge in [-0.15, -0.1) is 0 Å². The maximum Gasteiger partial charge on any atom is 0.269 e. The average molecular weight is 319 g/mol. The van der Waals surface area contributed by atoms with E-state index in [9.17, 15) is 14.9 Å². The Labute approximate surface area is 133 Å². The van der Waals surface area contributed by atoms with E-state index in [1.54, 1.807) is 0 Å². The van der Waals surface area contributed by atoms with Crippen LogP contribution in [-0.4, -0.2) is 17.3 Å². The van der Waals surface area contributed by atoms with E-state index in [-0.39, 0.29) is 11.5 Å². The number of non-ortho nitro benzene ring substituents is 1.